The maximum atomic E-state index is 12.8. The molecule has 4 rings (SSSR count). The molecule has 3 fully saturated rings. The van der Waals surface area contributed by atoms with Gasteiger partial charge in [-0.25, -0.2) is 0 Å². The zero-order valence-electron chi connectivity index (χ0n) is 15.2. The molecule has 3 heterocycles. The number of carbonyl (C=O) groups excluding carboxylic acids is 1. The first-order valence-corrected chi connectivity index (χ1v) is 9.82. The molecule has 0 unspecified atom stereocenters. The Bertz CT molecular complexity index is 603. The largest absolute Gasteiger partial charge is 0.381 e. The highest BCUT2D eigenvalue weighted by Crippen LogP contribution is 2.49. The number of aromatic nitrogens is 2. The summed E-state index contributed by atoms with van der Waals surface area (Å²) in [5.74, 6) is 2.58. The summed E-state index contributed by atoms with van der Waals surface area (Å²) in [5, 5.41) is 3.98. The Labute approximate surface area is 149 Å². The minimum Gasteiger partial charge on any atom is -0.381 e. The van der Waals surface area contributed by atoms with Crippen LogP contribution in [0, 0.1) is 18.3 Å². The van der Waals surface area contributed by atoms with Crippen molar-refractivity contribution in [2.75, 3.05) is 26.3 Å². The van der Waals surface area contributed by atoms with Crippen molar-refractivity contribution in [2.24, 2.45) is 11.3 Å². The highest BCUT2D eigenvalue weighted by Gasteiger charge is 2.51. The molecule has 0 N–H and O–H groups in total. The van der Waals surface area contributed by atoms with Gasteiger partial charge in [0.1, 0.15) is 0 Å². The van der Waals surface area contributed by atoms with Crippen molar-refractivity contribution in [1.82, 2.24) is 15.0 Å². The first-order chi connectivity index (χ1) is 12.2. The maximum Gasteiger partial charge on any atom is 0.232 e. The third-order valence-electron chi connectivity index (χ3n) is 6.57. The number of hydrogen-bond donors (Lipinski definition) is 0. The minimum atomic E-state index is 0.0419. The Kier molecular flexibility index (Phi) is 4.80. The van der Waals surface area contributed by atoms with E-state index in [2.05, 4.69) is 15.0 Å². The molecule has 25 heavy (non-hydrogen) atoms. The van der Waals surface area contributed by atoms with E-state index in [-0.39, 0.29) is 11.3 Å². The lowest BCUT2D eigenvalue weighted by Crippen LogP contribution is -2.37. The highest BCUT2D eigenvalue weighted by molar-refractivity contribution is 5.76. The molecular weight excluding hydrogens is 318 g/mol. The van der Waals surface area contributed by atoms with Crippen molar-refractivity contribution in [3.8, 4) is 0 Å². The second-order valence-corrected chi connectivity index (χ2v) is 8.17. The van der Waals surface area contributed by atoms with Crippen LogP contribution in [0.1, 0.15) is 69.0 Å². The fourth-order valence-electron chi connectivity index (χ4n) is 5.02. The van der Waals surface area contributed by atoms with Gasteiger partial charge in [0, 0.05) is 38.1 Å². The standard InChI is InChI=1S/C19H29N3O3/c1-14-20-18(25-21-14)16-12-22(13-19(16)8-10-24-11-9-19)17(23)7-6-15-4-2-3-5-15/h15-16H,2-13H2,1H3/t16-/m0/s1. The Balaban J connectivity index is 1.46. The fourth-order valence-corrected chi connectivity index (χ4v) is 5.02. The van der Waals surface area contributed by atoms with E-state index in [1.807, 2.05) is 6.92 Å². The van der Waals surface area contributed by atoms with Gasteiger partial charge in [-0.3, -0.25) is 4.79 Å². The van der Waals surface area contributed by atoms with Crippen molar-refractivity contribution in [2.45, 2.75) is 64.2 Å². The number of aryl methyl sites for hydroxylation is 1. The third kappa shape index (κ3) is 3.46. The molecule has 6 nitrogen and oxygen atoms in total. The smallest absolute Gasteiger partial charge is 0.232 e. The van der Waals surface area contributed by atoms with Crippen molar-refractivity contribution < 1.29 is 14.1 Å². The molecule has 0 radical (unpaired) electrons. The zero-order valence-corrected chi connectivity index (χ0v) is 15.2. The molecule has 2 saturated heterocycles. The van der Waals surface area contributed by atoms with Crippen LogP contribution in [0.4, 0.5) is 0 Å². The highest BCUT2D eigenvalue weighted by atomic mass is 16.5. The number of rotatable bonds is 4. The van der Waals surface area contributed by atoms with Gasteiger partial charge in [-0.05, 0) is 32.1 Å². The SMILES string of the molecule is Cc1noc([C@@H]2CN(C(=O)CCC3CCCC3)CC23CCOCC3)n1. The topological polar surface area (TPSA) is 68.5 Å². The minimum absolute atomic E-state index is 0.0419. The van der Waals surface area contributed by atoms with Crippen LogP contribution >= 0.6 is 0 Å². The van der Waals surface area contributed by atoms with E-state index in [0.29, 0.717) is 30.6 Å². The van der Waals surface area contributed by atoms with Crippen LogP contribution in [0.2, 0.25) is 0 Å². The van der Waals surface area contributed by atoms with Gasteiger partial charge in [0.05, 0.1) is 5.92 Å². The van der Waals surface area contributed by atoms with Crippen LogP contribution < -0.4 is 0 Å². The molecule has 1 amide bonds. The van der Waals surface area contributed by atoms with Crippen molar-refractivity contribution in [1.29, 1.82) is 0 Å². The van der Waals surface area contributed by atoms with E-state index in [1.54, 1.807) is 0 Å². The summed E-state index contributed by atoms with van der Waals surface area (Å²) in [6, 6.07) is 0. The third-order valence-corrected chi connectivity index (χ3v) is 6.57. The summed E-state index contributed by atoms with van der Waals surface area (Å²) in [6.07, 6.45) is 8.95. The van der Waals surface area contributed by atoms with Gasteiger partial charge >= 0.3 is 0 Å². The molecule has 3 aliphatic rings. The summed E-state index contributed by atoms with van der Waals surface area (Å²) >= 11 is 0. The number of nitrogens with zero attached hydrogens (tertiary/aromatic N) is 3. The van der Waals surface area contributed by atoms with E-state index in [9.17, 15) is 4.79 Å². The number of ether oxygens (including phenoxy) is 1. The maximum absolute atomic E-state index is 12.8. The van der Waals surface area contributed by atoms with Crippen LogP contribution in [0.3, 0.4) is 0 Å². The van der Waals surface area contributed by atoms with Gasteiger partial charge < -0.3 is 14.2 Å². The summed E-state index contributed by atoms with van der Waals surface area (Å²) in [4.78, 5) is 19.4. The zero-order chi connectivity index (χ0) is 17.3. The second kappa shape index (κ2) is 7.06. The molecule has 1 aliphatic carbocycles. The van der Waals surface area contributed by atoms with Gasteiger partial charge in [0.15, 0.2) is 5.82 Å². The number of carbonyl (C=O) groups is 1. The van der Waals surface area contributed by atoms with Crippen LogP contribution in [0.25, 0.3) is 0 Å². The number of hydrogen-bond acceptors (Lipinski definition) is 5. The molecule has 1 aromatic rings. The van der Waals surface area contributed by atoms with Crippen molar-refractivity contribution in [3.05, 3.63) is 11.7 Å². The van der Waals surface area contributed by atoms with Crippen LogP contribution in [0.5, 0.6) is 0 Å². The lowest BCUT2D eigenvalue weighted by atomic mass is 9.72. The Hall–Kier alpha value is -1.43. The summed E-state index contributed by atoms with van der Waals surface area (Å²) in [7, 11) is 0. The van der Waals surface area contributed by atoms with E-state index in [0.717, 1.165) is 44.9 Å². The van der Waals surface area contributed by atoms with E-state index >= 15 is 0 Å². The van der Waals surface area contributed by atoms with Gasteiger partial charge in [-0.15, -0.1) is 0 Å². The molecule has 0 aromatic carbocycles. The predicted octanol–water partition coefficient (Wildman–Crippen LogP) is 3.07. The molecular formula is C19H29N3O3. The van der Waals surface area contributed by atoms with Gasteiger partial charge in [-0.1, -0.05) is 30.8 Å². The van der Waals surface area contributed by atoms with Crippen LogP contribution in [-0.4, -0.2) is 47.3 Å². The summed E-state index contributed by atoms with van der Waals surface area (Å²) in [5.41, 5.74) is 0.0419. The molecule has 1 spiro atoms. The lowest BCUT2D eigenvalue weighted by molar-refractivity contribution is -0.131. The monoisotopic (exact) mass is 347 g/mol. The predicted molar refractivity (Wildman–Crippen MR) is 92.0 cm³/mol. The average Bonchev–Trinajstić information content (AvgIpc) is 3.34. The van der Waals surface area contributed by atoms with Crippen molar-refractivity contribution in [3.63, 3.8) is 0 Å². The van der Waals surface area contributed by atoms with Crippen molar-refractivity contribution >= 4 is 5.91 Å². The Morgan fingerprint density at radius 1 is 1.28 bits per heavy atom. The van der Waals surface area contributed by atoms with Gasteiger partial charge in [-0.2, -0.15) is 4.98 Å². The molecule has 2 aliphatic heterocycles. The average molecular weight is 347 g/mol. The molecule has 138 valence electrons. The first-order valence-electron chi connectivity index (χ1n) is 9.82. The van der Waals surface area contributed by atoms with Crippen LogP contribution in [-0.2, 0) is 9.53 Å². The molecule has 6 heteroatoms. The fraction of sp³-hybridized carbons (Fsp3) is 0.842. The second-order valence-electron chi connectivity index (χ2n) is 8.17. The van der Waals surface area contributed by atoms with Gasteiger partial charge in [0.25, 0.3) is 0 Å². The lowest BCUT2D eigenvalue weighted by Gasteiger charge is -2.36. The summed E-state index contributed by atoms with van der Waals surface area (Å²) < 4.78 is 11.1. The summed E-state index contributed by atoms with van der Waals surface area (Å²) in [6.45, 7) is 4.89. The van der Waals surface area contributed by atoms with E-state index in [4.69, 9.17) is 9.26 Å². The quantitative estimate of drug-likeness (QED) is 0.837. The van der Waals surface area contributed by atoms with Crippen LogP contribution in [0.15, 0.2) is 4.52 Å². The molecule has 1 saturated carbocycles. The molecule has 0 bridgehead atoms. The number of likely N-dealkylation sites (tertiary alicyclic amines) is 1. The molecule has 1 atom stereocenters. The Morgan fingerprint density at radius 3 is 2.72 bits per heavy atom. The van der Waals surface area contributed by atoms with E-state index < -0.39 is 0 Å². The molecule has 1 aromatic heterocycles. The Morgan fingerprint density at radius 2 is 2.04 bits per heavy atom. The number of amides is 1. The normalized spacial score (nSPS) is 26.6. The van der Waals surface area contributed by atoms with E-state index in [1.165, 1.54) is 25.7 Å². The van der Waals surface area contributed by atoms with Gasteiger partial charge in [0.2, 0.25) is 11.8 Å². The first kappa shape index (κ1) is 17.0.